The van der Waals surface area contributed by atoms with Crippen LogP contribution in [0.2, 0.25) is 0 Å². The van der Waals surface area contributed by atoms with Crippen LogP contribution in [-0.4, -0.2) is 111 Å². The van der Waals surface area contributed by atoms with E-state index in [4.69, 9.17) is 32.8 Å². The molecule has 0 heterocycles. The van der Waals surface area contributed by atoms with Crippen LogP contribution in [-0.2, 0) is 40.0 Å². The zero-order valence-corrected chi connectivity index (χ0v) is 30.2. The van der Waals surface area contributed by atoms with E-state index >= 15 is 0 Å². The number of benzene rings is 1. The fourth-order valence-corrected chi connectivity index (χ4v) is 4.62. The Kier molecular flexibility index (Phi) is 22.8. The number of aliphatic imine (C=N–C) groups is 1. The minimum Gasteiger partial charge on any atom is -0.508 e. The lowest BCUT2D eigenvalue weighted by Crippen LogP contribution is -2.59. The van der Waals surface area contributed by atoms with Crippen molar-refractivity contribution in [3.63, 3.8) is 0 Å². The van der Waals surface area contributed by atoms with Gasteiger partial charge in [0.15, 0.2) is 5.96 Å². The summed E-state index contributed by atoms with van der Waals surface area (Å²) in [7, 11) is 0. The molecular formula is C33H55N9O11. The molecule has 0 saturated heterocycles. The lowest BCUT2D eigenvalue weighted by molar-refractivity contribution is -0.142. The van der Waals surface area contributed by atoms with Crippen molar-refractivity contribution >= 4 is 47.5 Å². The number of guanidine groups is 1. The van der Waals surface area contributed by atoms with Gasteiger partial charge < -0.3 is 64.6 Å². The topological polar surface area (TPSA) is 365 Å². The van der Waals surface area contributed by atoms with E-state index in [2.05, 4.69) is 26.3 Å². The molecule has 0 radical (unpaired) electrons. The third-order valence-corrected chi connectivity index (χ3v) is 7.40. The number of carboxylic acids is 3. The Morgan fingerprint density at radius 1 is 0.736 bits per heavy atom. The van der Waals surface area contributed by atoms with Crippen LogP contribution in [0.15, 0.2) is 29.3 Å². The van der Waals surface area contributed by atoms with Gasteiger partial charge in [0.2, 0.25) is 23.6 Å². The highest BCUT2D eigenvalue weighted by molar-refractivity contribution is 5.95. The number of aromatic hydroxyl groups is 1. The molecule has 4 amide bonds. The Labute approximate surface area is 307 Å². The molecule has 0 unspecified atom stereocenters. The minimum absolute atomic E-state index is 0.0179. The molecular weight excluding hydrogens is 698 g/mol. The number of hydrogen-bond donors (Lipinski definition) is 12. The average Bonchev–Trinajstić information content (AvgIpc) is 3.06. The Morgan fingerprint density at radius 3 is 1.77 bits per heavy atom. The minimum atomic E-state index is -1.44. The maximum Gasteiger partial charge on any atom is 0.326 e. The van der Waals surface area contributed by atoms with Crippen molar-refractivity contribution in [3.05, 3.63) is 29.8 Å². The Bertz CT molecular complexity index is 1380. The summed E-state index contributed by atoms with van der Waals surface area (Å²) in [5.74, 6) is -7.23. The van der Waals surface area contributed by atoms with Crippen molar-refractivity contribution in [1.29, 1.82) is 0 Å². The largest absolute Gasteiger partial charge is 0.508 e. The molecule has 298 valence electrons. The fourth-order valence-electron chi connectivity index (χ4n) is 4.62. The molecule has 0 aromatic heterocycles. The standard InChI is InChI=1S/C31H51N9O9.C2H4O2/c1-17(2)25(29(47)39-23(30(48)49)16-18-8-10-19(41)11-9-18)40-28(46)22(12-13-24(42)43)38-27(45)21(7-3-4-14-32)37-26(44)20(33)6-5-15-36-31(34)35;1-2(3)4/h8-11,17,20-23,25,41H,3-7,12-16,32-33H2,1-2H3,(H,37,44)(H,38,45)(H,39,47)(H,40,46)(H,42,43)(H,48,49)(H4,34,35,36);1H3,(H,3,4)/t20-,21-,22-,23-,25-;/m1./s1. The van der Waals surface area contributed by atoms with Gasteiger partial charge in [-0.05, 0) is 68.7 Å². The number of nitrogens with two attached hydrogens (primary N) is 4. The smallest absolute Gasteiger partial charge is 0.326 e. The number of carboxylic acid groups (broad SMARTS) is 3. The maximum absolute atomic E-state index is 13.5. The normalized spacial score (nSPS) is 13.4. The second-order valence-corrected chi connectivity index (χ2v) is 12.4. The number of carbonyl (C=O) groups is 7. The molecule has 1 rings (SSSR count). The maximum atomic E-state index is 13.5. The summed E-state index contributed by atoms with van der Waals surface area (Å²) in [5.41, 5.74) is 22.7. The molecule has 1 aromatic rings. The van der Waals surface area contributed by atoms with Gasteiger partial charge in [-0.2, -0.15) is 0 Å². The molecule has 0 spiro atoms. The summed E-state index contributed by atoms with van der Waals surface area (Å²) in [6.07, 6.45) is 0.711. The van der Waals surface area contributed by atoms with E-state index in [-0.39, 0.29) is 43.9 Å². The number of aliphatic carboxylic acids is 3. The summed E-state index contributed by atoms with van der Waals surface area (Å²) in [6, 6.07) is -0.484. The molecule has 20 heteroatoms. The fraction of sp³-hybridized carbons (Fsp3) is 0.576. The van der Waals surface area contributed by atoms with Crippen LogP contribution in [0.4, 0.5) is 0 Å². The van der Waals surface area contributed by atoms with Crippen LogP contribution in [0.5, 0.6) is 5.75 Å². The second-order valence-electron chi connectivity index (χ2n) is 12.4. The SMILES string of the molecule is CC(=O)O.CC(C)[C@@H](NC(=O)[C@@H](CCC(=O)O)NC(=O)[C@@H](CCCCN)NC(=O)[C@H](N)CCCN=C(N)N)C(=O)N[C@H](Cc1ccc(O)cc1)C(=O)O. The third-order valence-electron chi connectivity index (χ3n) is 7.40. The van der Waals surface area contributed by atoms with Crippen LogP contribution in [0.25, 0.3) is 0 Å². The molecule has 0 aliphatic heterocycles. The molecule has 53 heavy (non-hydrogen) atoms. The Hall–Kier alpha value is -5.50. The molecule has 20 nitrogen and oxygen atoms in total. The highest BCUT2D eigenvalue weighted by atomic mass is 16.4. The van der Waals surface area contributed by atoms with Gasteiger partial charge in [0.05, 0.1) is 6.04 Å². The number of hydrogen-bond acceptors (Lipinski definition) is 11. The van der Waals surface area contributed by atoms with E-state index < -0.39 is 84.1 Å². The summed E-state index contributed by atoms with van der Waals surface area (Å²) >= 11 is 0. The van der Waals surface area contributed by atoms with Crippen molar-refractivity contribution in [2.75, 3.05) is 13.1 Å². The number of nitrogens with one attached hydrogen (secondary N) is 4. The zero-order valence-electron chi connectivity index (χ0n) is 30.2. The first-order valence-corrected chi connectivity index (χ1v) is 16.9. The first-order valence-electron chi connectivity index (χ1n) is 16.9. The summed E-state index contributed by atoms with van der Waals surface area (Å²) in [5, 5.41) is 45.9. The third kappa shape index (κ3) is 21.5. The Balaban J connectivity index is 0.00000640. The predicted molar refractivity (Wildman–Crippen MR) is 193 cm³/mol. The monoisotopic (exact) mass is 753 g/mol. The van der Waals surface area contributed by atoms with Crippen LogP contribution < -0.4 is 44.2 Å². The molecule has 0 aliphatic rings. The number of nitrogens with zero attached hydrogens (tertiary/aromatic N) is 1. The number of amides is 4. The first kappa shape index (κ1) is 47.5. The van der Waals surface area contributed by atoms with Gasteiger partial charge in [-0.25, -0.2) is 4.79 Å². The first-order chi connectivity index (χ1) is 24.8. The van der Waals surface area contributed by atoms with Crippen molar-refractivity contribution < 1.29 is 54.0 Å². The van der Waals surface area contributed by atoms with Gasteiger partial charge in [-0.3, -0.25) is 33.8 Å². The summed E-state index contributed by atoms with van der Waals surface area (Å²) in [6.45, 7) is 4.87. The Morgan fingerprint density at radius 2 is 1.26 bits per heavy atom. The molecule has 0 aliphatic carbocycles. The number of phenolic OH excluding ortho intramolecular Hbond substituents is 1. The van der Waals surface area contributed by atoms with Crippen molar-refractivity contribution in [2.45, 2.75) is 102 Å². The number of phenols is 1. The molecule has 16 N–H and O–H groups in total. The molecule has 0 saturated carbocycles. The van der Waals surface area contributed by atoms with E-state index in [0.29, 0.717) is 31.4 Å². The summed E-state index contributed by atoms with van der Waals surface area (Å²) < 4.78 is 0. The van der Waals surface area contributed by atoms with Gasteiger partial charge in [-0.15, -0.1) is 0 Å². The van der Waals surface area contributed by atoms with Crippen molar-refractivity contribution in [2.24, 2.45) is 33.8 Å². The molecule has 0 bridgehead atoms. The van der Waals surface area contributed by atoms with Gasteiger partial charge in [0.1, 0.15) is 29.9 Å². The summed E-state index contributed by atoms with van der Waals surface area (Å²) in [4.78, 5) is 89.2. The quantitative estimate of drug-likeness (QED) is 0.0329. The van der Waals surface area contributed by atoms with Crippen LogP contribution in [0, 0.1) is 5.92 Å². The van der Waals surface area contributed by atoms with Crippen LogP contribution in [0.1, 0.15) is 71.3 Å². The molecule has 1 aromatic carbocycles. The lowest BCUT2D eigenvalue weighted by Gasteiger charge is -2.28. The lowest BCUT2D eigenvalue weighted by atomic mass is 10.00. The van der Waals surface area contributed by atoms with Gasteiger partial charge in [0, 0.05) is 26.3 Å². The van der Waals surface area contributed by atoms with E-state index in [1.165, 1.54) is 24.3 Å². The average molecular weight is 754 g/mol. The number of carbonyl (C=O) groups excluding carboxylic acids is 4. The highest BCUT2D eigenvalue weighted by Gasteiger charge is 2.33. The van der Waals surface area contributed by atoms with E-state index in [9.17, 15) is 44.1 Å². The predicted octanol–water partition coefficient (Wildman–Crippen LogP) is -1.92. The molecule has 0 fully saturated rings. The molecule has 5 atom stereocenters. The second kappa shape index (κ2) is 25.5. The van der Waals surface area contributed by atoms with E-state index in [0.717, 1.165) is 6.92 Å². The van der Waals surface area contributed by atoms with Crippen LogP contribution >= 0.6 is 0 Å². The van der Waals surface area contributed by atoms with Crippen LogP contribution in [0.3, 0.4) is 0 Å². The van der Waals surface area contributed by atoms with E-state index in [1.807, 2.05) is 0 Å². The van der Waals surface area contributed by atoms with Gasteiger partial charge >= 0.3 is 11.9 Å². The number of unbranched alkanes of at least 4 members (excludes halogenated alkanes) is 1. The van der Waals surface area contributed by atoms with Gasteiger partial charge in [0.25, 0.3) is 5.97 Å². The van der Waals surface area contributed by atoms with Gasteiger partial charge in [-0.1, -0.05) is 26.0 Å². The van der Waals surface area contributed by atoms with Crippen molar-refractivity contribution in [1.82, 2.24) is 21.3 Å². The highest BCUT2D eigenvalue weighted by Crippen LogP contribution is 2.13. The van der Waals surface area contributed by atoms with E-state index in [1.54, 1.807) is 13.8 Å². The zero-order chi connectivity index (χ0) is 40.7. The van der Waals surface area contributed by atoms with Crippen molar-refractivity contribution in [3.8, 4) is 5.75 Å². The number of rotatable bonds is 23.